The fraction of sp³-hybridized carbons (Fsp3) is 0.647. The van der Waals surface area contributed by atoms with Crippen LogP contribution in [0.1, 0.15) is 44.9 Å². The first-order valence-corrected chi connectivity index (χ1v) is 8.74. The first-order valence-electron chi connectivity index (χ1n) is 7.95. The van der Waals surface area contributed by atoms with Gasteiger partial charge in [0.25, 0.3) is 0 Å². The topological polar surface area (TPSA) is 21.3 Å². The van der Waals surface area contributed by atoms with Gasteiger partial charge >= 0.3 is 0 Å². The molecule has 0 amide bonds. The van der Waals surface area contributed by atoms with Crippen LogP contribution in [0.5, 0.6) is 5.75 Å². The number of halogens is 2. The summed E-state index contributed by atoms with van der Waals surface area (Å²) < 4.78 is 20.8. The highest BCUT2D eigenvalue weighted by Gasteiger charge is 2.55. The van der Waals surface area contributed by atoms with E-state index in [9.17, 15) is 4.39 Å². The van der Waals surface area contributed by atoms with E-state index in [0.717, 1.165) is 10.9 Å². The summed E-state index contributed by atoms with van der Waals surface area (Å²) in [6.07, 6.45) is 8.68. The SMILES string of the molecule is CNC1CC(Oc2ccc(Br)cc2F)C12CCCCCC2. The first kappa shape index (κ1) is 15.3. The molecule has 2 aliphatic carbocycles. The maximum absolute atomic E-state index is 14.0. The van der Waals surface area contributed by atoms with Crippen LogP contribution in [0.2, 0.25) is 0 Å². The second kappa shape index (κ2) is 6.25. The molecule has 116 valence electrons. The quantitative estimate of drug-likeness (QED) is 0.850. The Morgan fingerprint density at radius 2 is 1.95 bits per heavy atom. The van der Waals surface area contributed by atoms with Crippen LogP contribution >= 0.6 is 15.9 Å². The van der Waals surface area contributed by atoms with E-state index in [-0.39, 0.29) is 17.3 Å². The van der Waals surface area contributed by atoms with E-state index < -0.39 is 0 Å². The van der Waals surface area contributed by atoms with Gasteiger partial charge in [0, 0.05) is 22.4 Å². The van der Waals surface area contributed by atoms with Gasteiger partial charge in [-0.25, -0.2) is 4.39 Å². The molecule has 2 fully saturated rings. The predicted octanol–water partition coefficient (Wildman–Crippen LogP) is 4.67. The molecule has 1 spiro atoms. The molecule has 2 nitrogen and oxygen atoms in total. The first-order chi connectivity index (χ1) is 10.2. The van der Waals surface area contributed by atoms with Gasteiger partial charge < -0.3 is 10.1 Å². The Bertz CT molecular complexity index is 500. The summed E-state index contributed by atoms with van der Waals surface area (Å²) in [5, 5.41) is 3.45. The van der Waals surface area contributed by atoms with Crippen molar-refractivity contribution in [3.05, 3.63) is 28.5 Å². The Morgan fingerprint density at radius 1 is 1.24 bits per heavy atom. The summed E-state index contributed by atoms with van der Waals surface area (Å²) in [6, 6.07) is 5.56. The third kappa shape index (κ3) is 2.85. The molecule has 0 heterocycles. The van der Waals surface area contributed by atoms with Crippen molar-refractivity contribution in [2.75, 3.05) is 7.05 Å². The van der Waals surface area contributed by atoms with Crippen LogP contribution in [0.4, 0.5) is 4.39 Å². The zero-order chi connectivity index (χ0) is 14.9. The van der Waals surface area contributed by atoms with Crippen LogP contribution in [0, 0.1) is 11.2 Å². The third-order valence-corrected chi connectivity index (χ3v) is 5.82. The van der Waals surface area contributed by atoms with Crippen molar-refractivity contribution in [1.29, 1.82) is 0 Å². The minimum Gasteiger partial charge on any atom is -0.487 e. The fourth-order valence-corrected chi connectivity index (χ4v) is 4.43. The Labute approximate surface area is 134 Å². The minimum absolute atomic E-state index is 0.142. The molecule has 2 aliphatic rings. The molecule has 1 N–H and O–H groups in total. The number of nitrogens with one attached hydrogen (secondary N) is 1. The second-order valence-electron chi connectivity index (χ2n) is 6.41. The summed E-state index contributed by atoms with van der Waals surface area (Å²) in [4.78, 5) is 0. The molecule has 2 atom stereocenters. The summed E-state index contributed by atoms with van der Waals surface area (Å²) >= 11 is 3.29. The summed E-state index contributed by atoms with van der Waals surface area (Å²) in [6.45, 7) is 0. The number of hydrogen-bond acceptors (Lipinski definition) is 2. The third-order valence-electron chi connectivity index (χ3n) is 5.33. The van der Waals surface area contributed by atoms with Crippen LogP contribution in [0.25, 0.3) is 0 Å². The van der Waals surface area contributed by atoms with E-state index in [4.69, 9.17) is 4.74 Å². The molecular formula is C17H23BrFNO. The molecule has 0 saturated heterocycles. The van der Waals surface area contributed by atoms with Crippen molar-refractivity contribution < 1.29 is 9.13 Å². The summed E-state index contributed by atoms with van der Waals surface area (Å²) in [5.74, 6) is 0.113. The highest BCUT2D eigenvalue weighted by Crippen LogP contribution is 2.52. The monoisotopic (exact) mass is 355 g/mol. The van der Waals surface area contributed by atoms with Gasteiger partial charge in [-0.15, -0.1) is 0 Å². The molecule has 2 saturated carbocycles. The maximum atomic E-state index is 14.0. The average molecular weight is 356 g/mol. The maximum Gasteiger partial charge on any atom is 0.166 e. The molecule has 0 radical (unpaired) electrons. The van der Waals surface area contributed by atoms with Crippen LogP contribution in [-0.2, 0) is 0 Å². The Kier molecular flexibility index (Phi) is 4.55. The molecule has 1 aromatic rings. The highest BCUT2D eigenvalue weighted by molar-refractivity contribution is 9.10. The van der Waals surface area contributed by atoms with Gasteiger partial charge in [0.1, 0.15) is 6.10 Å². The van der Waals surface area contributed by atoms with Gasteiger partial charge in [-0.2, -0.15) is 0 Å². The number of ether oxygens (including phenoxy) is 1. The number of benzene rings is 1. The predicted molar refractivity (Wildman–Crippen MR) is 86.1 cm³/mol. The Morgan fingerprint density at radius 3 is 2.57 bits per heavy atom. The van der Waals surface area contributed by atoms with Gasteiger partial charge in [-0.1, -0.05) is 41.6 Å². The number of hydrogen-bond donors (Lipinski definition) is 1. The van der Waals surface area contributed by atoms with Crippen LogP contribution in [-0.4, -0.2) is 19.2 Å². The molecule has 4 heteroatoms. The van der Waals surface area contributed by atoms with Gasteiger partial charge in [-0.3, -0.25) is 0 Å². The Balaban J connectivity index is 1.78. The van der Waals surface area contributed by atoms with Gasteiger partial charge in [0.15, 0.2) is 11.6 Å². The lowest BCUT2D eigenvalue weighted by molar-refractivity contribution is -0.0895. The van der Waals surface area contributed by atoms with Crippen molar-refractivity contribution in [2.45, 2.75) is 57.1 Å². The van der Waals surface area contributed by atoms with Crippen molar-refractivity contribution in [3.63, 3.8) is 0 Å². The van der Waals surface area contributed by atoms with E-state index >= 15 is 0 Å². The lowest BCUT2D eigenvalue weighted by atomic mass is 9.58. The van der Waals surface area contributed by atoms with E-state index in [1.807, 2.05) is 13.1 Å². The molecule has 21 heavy (non-hydrogen) atoms. The van der Waals surface area contributed by atoms with E-state index in [1.165, 1.54) is 44.6 Å². The molecule has 0 aliphatic heterocycles. The van der Waals surface area contributed by atoms with Crippen LogP contribution in [0.3, 0.4) is 0 Å². The zero-order valence-corrected chi connectivity index (χ0v) is 14.1. The van der Waals surface area contributed by atoms with Crippen LogP contribution in [0.15, 0.2) is 22.7 Å². The van der Waals surface area contributed by atoms with Crippen molar-refractivity contribution in [2.24, 2.45) is 5.41 Å². The minimum atomic E-state index is -0.277. The van der Waals surface area contributed by atoms with E-state index in [0.29, 0.717) is 11.8 Å². The van der Waals surface area contributed by atoms with Crippen molar-refractivity contribution in [3.8, 4) is 5.75 Å². The van der Waals surface area contributed by atoms with Gasteiger partial charge in [-0.05, 0) is 38.1 Å². The van der Waals surface area contributed by atoms with Gasteiger partial charge in [0.2, 0.25) is 0 Å². The average Bonchev–Trinajstić information content (AvgIpc) is 2.72. The normalized spacial score (nSPS) is 28.0. The van der Waals surface area contributed by atoms with E-state index in [2.05, 4.69) is 21.2 Å². The molecule has 0 bridgehead atoms. The molecular weight excluding hydrogens is 333 g/mol. The summed E-state index contributed by atoms with van der Waals surface area (Å²) in [7, 11) is 2.04. The zero-order valence-electron chi connectivity index (χ0n) is 12.5. The smallest absolute Gasteiger partial charge is 0.166 e. The largest absolute Gasteiger partial charge is 0.487 e. The summed E-state index contributed by atoms with van der Waals surface area (Å²) in [5.41, 5.74) is 0.199. The second-order valence-corrected chi connectivity index (χ2v) is 7.32. The standard InChI is InChI=1S/C17H23BrFNO/c1-20-15-11-16(17(15)8-4-2-3-5-9-17)21-14-7-6-12(18)10-13(14)19/h6-7,10,15-16,20H,2-5,8-9,11H2,1H3. The molecule has 2 unspecified atom stereocenters. The molecule has 3 rings (SSSR count). The highest BCUT2D eigenvalue weighted by atomic mass is 79.9. The lowest BCUT2D eigenvalue weighted by Gasteiger charge is -2.55. The van der Waals surface area contributed by atoms with Crippen LogP contribution < -0.4 is 10.1 Å². The molecule has 1 aromatic carbocycles. The molecule has 0 aromatic heterocycles. The van der Waals surface area contributed by atoms with Gasteiger partial charge in [0.05, 0.1) is 0 Å². The number of rotatable bonds is 3. The van der Waals surface area contributed by atoms with Crippen molar-refractivity contribution >= 4 is 15.9 Å². The van der Waals surface area contributed by atoms with Crippen molar-refractivity contribution in [1.82, 2.24) is 5.32 Å². The van der Waals surface area contributed by atoms with E-state index in [1.54, 1.807) is 6.07 Å². The fourth-order valence-electron chi connectivity index (χ4n) is 4.10. The lowest BCUT2D eigenvalue weighted by Crippen LogP contribution is -2.64. The Hall–Kier alpha value is -0.610.